The second-order valence-electron chi connectivity index (χ2n) is 5.70. The number of carbonyl (C=O) groups excluding carboxylic acids is 1. The molecule has 138 valence electrons. The molecule has 26 heavy (non-hydrogen) atoms. The molecular formula is C18H21N3O5. The van der Waals surface area contributed by atoms with Crippen molar-refractivity contribution < 1.29 is 23.2 Å². The number of carbonyl (C=O) groups is 1. The van der Waals surface area contributed by atoms with E-state index in [9.17, 15) is 4.79 Å². The molecule has 3 aromatic heterocycles. The Bertz CT molecular complexity index is 857. The maximum absolute atomic E-state index is 12.7. The van der Waals surface area contributed by atoms with Gasteiger partial charge in [0.05, 0.1) is 36.1 Å². The molecule has 8 nitrogen and oxygen atoms in total. The van der Waals surface area contributed by atoms with Crippen molar-refractivity contribution in [1.82, 2.24) is 15.5 Å². The van der Waals surface area contributed by atoms with Crippen molar-refractivity contribution >= 4 is 17.0 Å². The number of nitrogens with zero attached hydrogens (tertiary/aromatic N) is 2. The van der Waals surface area contributed by atoms with Crippen molar-refractivity contribution in [1.29, 1.82) is 0 Å². The quantitative estimate of drug-likeness (QED) is 0.586. The molecule has 0 bridgehead atoms. The zero-order valence-corrected chi connectivity index (χ0v) is 14.8. The van der Waals surface area contributed by atoms with Gasteiger partial charge in [0.15, 0.2) is 5.76 Å². The van der Waals surface area contributed by atoms with E-state index in [4.69, 9.17) is 18.4 Å². The van der Waals surface area contributed by atoms with Crippen LogP contribution in [0.2, 0.25) is 0 Å². The van der Waals surface area contributed by atoms with Crippen LogP contribution in [0.15, 0.2) is 33.4 Å². The third-order valence-electron chi connectivity index (χ3n) is 3.82. The zero-order valence-electron chi connectivity index (χ0n) is 14.8. The van der Waals surface area contributed by atoms with Crippen LogP contribution in [-0.4, -0.2) is 49.5 Å². The Balaban J connectivity index is 1.71. The summed E-state index contributed by atoms with van der Waals surface area (Å²) in [4.78, 5) is 17.1. The molecule has 1 amide bonds. The number of fused-ring (bicyclic) bond motifs is 1. The van der Waals surface area contributed by atoms with Crippen LogP contribution < -0.4 is 5.32 Å². The minimum absolute atomic E-state index is 0.214. The lowest BCUT2D eigenvalue weighted by Crippen LogP contribution is -2.25. The smallest absolute Gasteiger partial charge is 0.259 e. The Kier molecular flexibility index (Phi) is 5.98. The number of hydrogen-bond acceptors (Lipinski definition) is 7. The summed E-state index contributed by atoms with van der Waals surface area (Å²) >= 11 is 0. The van der Waals surface area contributed by atoms with E-state index in [2.05, 4.69) is 15.5 Å². The highest BCUT2D eigenvalue weighted by atomic mass is 16.5. The van der Waals surface area contributed by atoms with Crippen molar-refractivity contribution in [3.8, 4) is 11.5 Å². The minimum atomic E-state index is -0.214. The third kappa shape index (κ3) is 4.09. The van der Waals surface area contributed by atoms with E-state index in [1.165, 1.54) is 0 Å². The van der Waals surface area contributed by atoms with Crippen molar-refractivity contribution in [3.63, 3.8) is 0 Å². The van der Waals surface area contributed by atoms with Crippen LogP contribution in [0.5, 0.6) is 0 Å². The van der Waals surface area contributed by atoms with Crippen molar-refractivity contribution in [2.24, 2.45) is 0 Å². The van der Waals surface area contributed by atoms with E-state index < -0.39 is 0 Å². The van der Waals surface area contributed by atoms with Crippen LogP contribution in [0.1, 0.15) is 22.5 Å². The van der Waals surface area contributed by atoms with E-state index in [1.807, 2.05) is 0 Å². The number of aryl methyl sites for hydroxylation is 1. The standard InChI is InChI=1S/C18H21N3O5/c1-12-16-13(17(22)19-6-4-7-24-10-9-23-2)11-14(15-5-3-8-25-15)20-18(16)26-21-12/h3,5,8,11H,4,6-7,9-10H2,1-2H3,(H,19,22). The molecule has 0 saturated carbocycles. The highest BCUT2D eigenvalue weighted by Gasteiger charge is 2.19. The molecule has 0 spiro atoms. The van der Waals surface area contributed by atoms with Crippen LogP contribution in [0, 0.1) is 6.92 Å². The highest BCUT2D eigenvalue weighted by Crippen LogP contribution is 2.27. The summed E-state index contributed by atoms with van der Waals surface area (Å²) < 4.78 is 20.9. The summed E-state index contributed by atoms with van der Waals surface area (Å²) in [6.07, 6.45) is 2.26. The molecule has 0 radical (unpaired) electrons. The van der Waals surface area contributed by atoms with Gasteiger partial charge in [-0.05, 0) is 31.5 Å². The molecule has 1 N–H and O–H groups in total. The van der Waals surface area contributed by atoms with Gasteiger partial charge in [-0.2, -0.15) is 0 Å². The Morgan fingerprint density at radius 2 is 2.19 bits per heavy atom. The molecule has 3 heterocycles. The molecule has 0 fully saturated rings. The van der Waals surface area contributed by atoms with E-state index in [1.54, 1.807) is 38.5 Å². The minimum Gasteiger partial charge on any atom is -0.463 e. The first-order chi connectivity index (χ1) is 12.7. The molecule has 3 aromatic rings. The van der Waals surface area contributed by atoms with Crippen LogP contribution in [-0.2, 0) is 9.47 Å². The van der Waals surface area contributed by atoms with Gasteiger partial charge in [-0.15, -0.1) is 0 Å². The molecule has 0 aromatic carbocycles. The van der Waals surface area contributed by atoms with Gasteiger partial charge >= 0.3 is 0 Å². The Labute approximate surface area is 150 Å². The molecule has 0 aliphatic carbocycles. The fourth-order valence-electron chi connectivity index (χ4n) is 2.54. The van der Waals surface area contributed by atoms with Gasteiger partial charge in [0, 0.05) is 20.3 Å². The number of nitrogens with one attached hydrogen (secondary N) is 1. The predicted molar refractivity (Wildman–Crippen MR) is 93.9 cm³/mol. The predicted octanol–water partition coefficient (Wildman–Crippen LogP) is 2.57. The van der Waals surface area contributed by atoms with E-state index in [0.717, 1.165) is 0 Å². The molecular weight excluding hydrogens is 338 g/mol. The maximum Gasteiger partial charge on any atom is 0.259 e. The number of methoxy groups -OCH3 is 1. The van der Waals surface area contributed by atoms with Gasteiger partial charge in [0.2, 0.25) is 0 Å². The first kappa shape index (κ1) is 18.1. The van der Waals surface area contributed by atoms with E-state index in [-0.39, 0.29) is 5.91 Å². The third-order valence-corrected chi connectivity index (χ3v) is 3.82. The first-order valence-corrected chi connectivity index (χ1v) is 8.36. The summed E-state index contributed by atoms with van der Waals surface area (Å²) in [7, 11) is 1.63. The SMILES string of the molecule is COCCOCCCNC(=O)c1cc(-c2ccco2)nc2onc(C)c12. The van der Waals surface area contributed by atoms with Gasteiger partial charge in [0.1, 0.15) is 5.69 Å². The number of amides is 1. The van der Waals surface area contributed by atoms with Gasteiger partial charge < -0.3 is 23.7 Å². The Morgan fingerprint density at radius 3 is 2.96 bits per heavy atom. The molecule has 3 rings (SSSR count). The van der Waals surface area contributed by atoms with Gasteiger partial charge in [-0.25, -0.2) is 4.98 Å². The lowest BCUT2D eigenvalue weighted by molar-refractivity contribution is 0.0688. The molecule has 8 heteroatoms. The fourth-order valence-corrected chi connectivity index (χ4v) is 2.54. The monoisotopic (exact) mass is 359 g/mol. The first-order valence-electron chi connectivity index (χ1n) is 8.36. The van der Waals surface area contributed by atoms with Crippen LogP contribution in [0.3, 0.4) is 0 Å². The van der Waals surface area contributed by atoms with Crippen LogP contribution in [0.4, 0.5) is 0 Å². The average molecular weight is 359 g/mol. The highest BCUT2D eigenvalue weighted by molar-refractivity contribution is 6.06. The van der Waals surface area contributed by atoms with Gasteiger partial charge in [0.25, 0.3) is 11.6 Å². The molecule has 0 aliphatic rings. The zero-order chi connectivity index (χ0) is 18.4. The summed E-state index contributed by atoms with van der Waals surface area (Å²) in [6.45, 7) is 3.93. The normalized spacial score (nSPS) is 11.2. The Hall–Kier alpha value is -2.71. The van der Waals surface area contributed by atoms with Gasteiger partial charge in [-0.3, -0.25) is 4.79 Å². The maximum atomic E-state index is 12.7. The number of pyridine rings is 1. The summed E-state index contributed by atoms with van der Waals surface area (Å²) in [5.74, 6) is 0.343. The summed E-state index contributed by atoms with van der Waals surface area (Å²) in [5, 5.41) is 7.42. The molecule has 0 saturated heterocycles. The topological polar surface area (TPSA) is 99.6 Å². The largest absolute Gasteiger partial charge is 0.463 e. The van der Waals surface area contributed by atoms with E-state index in [0.29, 0.717) is 66.6 Å². The lowest BCUT2D eigenvalue weighted by Gasteiger charge is -2.08. The fraction of sp³-hybridized carbons (Fsp3) is 0.389. The van der Waals surface area contributed by atoms with Crippen molar-refractivity contribution in [3.05, 3.63) is 35.7 Å². The second-order valence-corrected chi connectivity index (χ2v) is 5.70. The van der Waals surface area contributed by atoms with Crippen LogP contribution in [0.25, 0.3) is 22.6 Å². The van der Waals surface area contributed by atoms with Crippen molar-refractivity contribution in [2.75, 3.05) is 33.5 Å². The number of furan rings is 1. The Morgan fingerprint density at radius 1 is 1.31 bits per heavy atom. The molecule has 0 aliphatic heterocycles. The average Bonchev–Trinajstić information content (AvgIpc) is 3.30. The summed E-state index contributed by atoms with van der Waals surface area (Å²) in [5.41, 5.74) is 1.91. The number of rotatable bonds is 9. The number of hydrogen-bond donors (Lipinski definition) is 1. The molecule has 0 atom stereocenters. The lowest BCUT2D eigenvalue weighted by atomic mass is 10.1. The summed E-state index contributed by atoms with van der Waals surface area (Å²) in [6, 6.07) is 5.22. The second kappa shape index (κ2) is 8.59. The van der Waals surface area contributed by atoms with E-state index >= 15 is 0 Å². The van der Waals surface area contributed by atoms with Crippen molar-refractivity contribution in [2.45, 2.75) is 13.3 Å². The van der Waals surface area contributed by atoms with Gasteiger partial charge in [-0.1, -0.05) is 5.16 Å². The number of ether oxygens (including phenoxy) is 2. The molecule has 0 unspecified atom stereocenters. The van der Waals surface area contributed by atoms with Crippen LogP contribution >= 0.6 is 0 Å². The number of aromatic nitrogens is 2.